The van der Waals surface area contributed by atoms with Crippen LogP contribution in [0.4, 0.5) is 5.69 Å². The normalized spacial score (nSPS) is 10.6. The van der Waals surface area contributed by atoms with Gasteiger partial charge in [-0.05, 0) is 11.6 Å². The van der Waals surface area contributed by atoms with Gasteiger partial charge in [-0.1, -0.05) is 56.3 Å². The lowest BCUT2D eigenvalue weighted by atomic mass is 9.95. The lowest BCUT2D eigenvalue weighted by molar-refractivity contribution is -0.121. The van der Waals surface area contributed by atoms with Crippen molar-refractivity contribution in [3.8, 4) is 0 Å². The van der Waals surface area contributed by atoms with Crippen LogP contribution in [-0.4, -0.2) is 11.6 Å². The molecule has 108 valence electrons. The SMILES string of the molecule is CC(C)C(=O)Cc1cccc(C(=O)c2ccccc2)c1N. The van der Waals surface area contributed by atoms with E-state index in [9.17, 15) is 9.59 Å². The van der Waals surface area contributed by atoms with E-state index in [0.717, 1.165) is 5.56 Å². The lowest BCUT2D eigenvalue weighted by Crippen LogP contribution is -2.13. The van der Waals surface area contributed by atoms with Crippen LogP contribution >= 0.6 is 0 Å². The van der Waals surface area contributed by atoms with Gasteiger partial charge in [0.1, 0.15) is 5.78 Å². The van der Waals surface area contributed by atoms with Gasteiger partial charge in [0, 0.05) is 29.2 Å². The van der Waals surface area contributed by atoms with Crippen LogP contribution in [0.2, 0.25) is 0 Å². The van der Waals surface area contributed by atoms with Crippen LogP contribution in [0, 0.1) is 5.92 Å². The zero-order valence-electron chi connectivity index (χ0n) is 12.3. The van der Waals surface area contributed by atoms with E-state index < -0.39 is 0 Å². The van der Waals surface area contributed by atoms with Gasteiger partial charge in [0.05, 0.1) is 0 Å². The molecule has 0 amide bonds. The zero-order chi connectivity index (χ0) is 15.4. The van der Waals surface area contributed by atoms with Crippen LogP contribution < -0.4 is 5.73 Å². The summed E-state index contributed by atoms with van der Waals surface area (Å²) in [5.74, 6) is -0.0455. The second kappa shape index (κ2) is 6.35. The van der Waals surface area contributed by atoms with E-state index in [0.29, 0.717) is 16.8 Å². The predicted octanol–water partition coefficient (Wildman–Crippen LogP) is 3.27. The Balaban J connectivity index is 2.34. The Kier molecular flexibility index (Phi) is 4.53. The number of para-hydroxylation sites is 1. The Morgan fingerprint density at radius 2 is 1.67 bits per heavy atom. The molecule has 0 unspecified atom stereocenters. The Bertz CT molecular complexity index is 660. The summed E-state index contributed by atoms with van der Waals surface area (Å²) in [6.07, 6.45) is 0.263. The summed E-state index contributed by atoms with van der Waals surface area (Å²) in [5.41, 5.74) is 8.27. The zero-order valence-corrected chi connectivity index (χ0v) is 12.3. The van der Waals surface area contributed by atoms with Crippen LogP contribution in [0.15, 0.2) is 48.5 Å². The first-order valence-electron chi connectivity index (χ1n) is 7.00. The van der Waals surface area contributed by atoms with Gasteiger partial charge in [-0.25, -0.2) is 0 Å². The molecule has 0 bridgehead atoms. The highest BCUT2D eigenvalue weighted by atomic mass is 16.1. The number of nitrogens with two attached hydrogens (primary N) is 1. The third-order valence-corrected chi connectivity index (χ3v) is 3.49. The summed E-state index contributed by atoms with van der Waals surface area (Å²) in [6, 6.07) is 14.3. The molecule has 0 saturated carbocycles. The van der Waals surface area contributed by atoms with Crippen molar-refractivity contribution in [1.82, 2.24) is 0 Å². The third kappa shape index (κ3) is 3.37. The average molecular weight is 281 g/mol. The lowest BCUT2D eigenvalue weighted by Gasteiger charge is -2.11. The molecule has 2 rings (SSSR count). The smallest absolute Gasteiger partial charge is 0.195 e. The van der Waals surface area contributed by atoms with E-state index in [1.807, 2.05) is 32.0 Å². The summed E-state index contributed by atoms with van der Waals surface area (Å²) < 4.78 is 0. The summed E-state index contributed by atoms with van der Waals surface area (Å²) in [7, 11) is 0. The van der Waals surface area contributed by atoms with Crippen molar-refractivity contribution in [1.29, 1.82) is 0 Å². The molecule has 0 aliphatic carbocycles. The molecule has 2 N–H and O–H groups in total. The number of Topliss-reactive ketones (excluding diaryl/α,β-unsaturated/α-hetero) is 1. The van der Waals surface area contributed by atoms with Gasteiger partial charge in [0.25, 0.3) is 0 Å². The van der Waals surface area contributed by atoms with Crippen molar-refractivity contribution in [2.45, 2.75) is 20.3 Å². The van der Waals surface area contributed by atoms with Gasteiger partial charge in [-0.3, -0.25) is 9.59 Å². The molecule has 2 aromatic carbocycles. The minimum Gasteiger partial charge on any atom is -0.398 e. The quantitative estimate of drug-likeness (QED) is 0.676. The molecule has 21 heavy (non-hydrogen) atoms. The molecule has 0 fully saturated rings. The number of rotatable bonds is 5. The van der Waals surface area contributed by atoms with Crippen LogP contribution in [0.3, 0.4) is 0 Å². The average Bonchev–Trinajstić information content (AvgIpc) is 2.49. The highest BCUT2D eigenvalue weighted by Gasteiger charge is 2.16. The van der Waals surface area contributed by atoms with Gasteiger partial charge in [-0.15, -0.1) is 0 Å². The van der Waals surface area contributed by atoms with E-state index in [-0.39, 0.29) is 23.9 Å². The van der Waals surface area contributed by atoms with E-state index in [1.165, 1.54) is 0 Å². The molecule has 0 aromatic heterocycles. The highest BCUT2D eigenvalue weighted by molar-refractivity contribution is 6.12. The fourth-order valence-corrected chi connectivity index (χ4v) is 2.10. The van der Waals surface area contributed by atoms with Crippen molar-refractivity contribution >= 4 is 17.3 Å². The van der Waals surface area contributed by atoms with E-state index >= 15 is 0 Å². The molecule has 2 aromatic rings. The monoisotopic (exact) mass is 281 g/mol. The van der Waals surface area contributed by atoms with Crippen molar-refractivity contribution < 1.29 is 9.59 Å². The number of hydrogen-bond acceptors (Lipinski definition) is 3. The molecular weight excluding hydrogens is 262 g/mol. The first-order valence-corrected chi connectivity index (χ1v) is 7.00. The fraction of sp³-hybridized carbons (Fsp3) is 0.222. The van der Waals surface area contributed by atoms with Gasteiger partial charge in [-0.2, -0.15) is 0 Å². The second-order valence-electron chi connectivity index (χ2n) is 5.37. The maximum atomic E-state index is 12.5. The van der Waals surface area contributed by atoms with E-state index in [1.54, 1.807) is 30.3 Å². The standard InChI is InChI=1S/C18H19NO2/c1-12(2)16(20)11-14-9-6-10-15(17(14)19)18(21)13-7-4-3-5-8-13/h3-10,12H,11,19H2,1-2H3. The van der Waals surface area contributed by atoms with Gasteiger partial charge in [0.15, 0.2) is 5.78 Å². The van der Waals surface area contributed by atoms with Crippen LogP contribution in [0.1, 0.15) is 35.3 Å². The molecule has 0 heterocycles. The summed E-state index contributed by atoms with van der Waals surface area (Å²) >= 11 is 0. The van der Waals surface area contributed by atoms with Crippen molar-refractivity contribution in [3.05, 3.63) is 65.2 Å². The first kappa shape index (κ1) is 15.0. The maximum Gasteiger partial charge on any atom is 0.195 e. The number of nitrogen functional groups attached to an aromatic ring is 1. The Labute approximate surface area is 124 Å². The minimum atomic E-state index is -0.119. The molecule has 0 aliphatic rings. The van der Waals surface area contributed by atoms with Crippen molar-refractivity contribution in [3.63, 3.8) is 0 Å². The highest BCUT2D eigenvalue weighted by Crippen LogP contribution is 2.22. The molecule has 0 atom stereocenters. The van der Waals surface area contributed by atoms with Crippen LogP contribution in [0.5, 0.6) is 0 Å². The van der Waals surface area contributed by atoms with Gasteiger partial charge < -0.3 is 5.73 Å². The number of carbonyl (C=O) groups is 2. The summed E-state index contributed by atoms with van der Waals surface area (Å²) in [5, 5.41) is 0. The molecule has 0 aliphatic heterocycles. The molecule has 3 heteroatoms. The number of carbonyl (C=O) groups excluding carboxylic acids is 2. The summed E-state index contributed by atoms with van der Waals surface area (Å²) in [4.78, 5) is 24.3. The molecule has 3 nitrogen and oxygen atoms in total. The Morgan fingerprint density at radius 3 is 2.29 bits per heavy atom. The molecule has 0 spiro atoms. The van der Waals surface area contributed by atoms with Crippen LogP contribution in [0.25, 0.3) is 0 Å². The minimum absolute atomic E-state index is 0.0436. The number of benzene rings is 2. The number of anilines is 1. The van der Waals surface area contributed by atoms with E-state index in [2.05, 4.69) is 0 Å². The Hall–Kier alpha value is -2.42. The number of ketones is 2. The molecule has 0 saturated heterocycles. The topological polar surface area (TPSA) is 60.2 Å². The van der Waals surface area contributed by atoms with E-state index in [4.69, 9.17) is 5.73 Å². The molecular formula is C18H19NO2. The van der Waals surface area contributed by atoms with Gasteiger partial charge >= 0.3 is 0 Å². The van der Waals surface area contributed by atoms with Crippen molar-refractivity contribution in [2.24, 2.45) is 5.92 Å². The molecule has 0 radical (unpaired) electrons. The second-order valence-corrected chi connectivity index (χ2v) is 5.37. The fourth-order valence-electron chi connectivity index (χ4n) is 2.10. The third-order valence-electron chi connectivity index (χ3n) is 3.49. The van der Waals surface area contributed by atoms with Crippen molar-refractivity contribution in [2.75, 3.05) is 5.73 Å². The van der Waals surface area contributed by atoms with Crippen LogP contribution in [-0.2, 0) is 11.2 Å². The Morgan fingerprint density at radius 1 is 1.00 bits per heavy atom. The first-order chi connectivity index (χ1) is 10.0. The largest absolute Gasteiger partial charge is 0.398 e. The maximum absolute atomic E-state index is 12.5. The predicted molar refractivity (Wildman–Crippen MR) is 84.3 cm³/mol. The van der Waals surface area contributed by atoms with Gasteiger partial charge in [0.2, 0.25) is 0 Å². The number of hydrogen-bond donors (Lipinski definition) is 1. The summed E-state index contributed by atoms with van der Waals surface area (Å²) in [6.45, 7) is 3.72.